The molecule has 92 valence electrons. The van der Waals surface area contributed by atoms with E-state index in [1.807, 2.05) is 11.8 Å². The second-order valence-electron chi connectivity index (χ2n) is 4.28. The largest absolute Gasteiger partial charge is 0.497 e. The molecule has 1 aliphatic carbocycles. The zero-order chi connectivity index (χ0) is 12.4. The van der Waals surface area contributed by atoms with Gasteiger partial charge in [-0.1, -0.05) is 0 Å². The molecule has 1 fully saturated rings. The average Bonchev–Trinajstić information content (AvgIpc) is 3.15. The summed E-state index contributed by atoms with van der Waals surface area (Å²) >= 11 is 0. The first-order valence-electron chi connectivity index (χ1n) is 5.91. The Hall–Kier alpha value is -1.71. The number of ether oxygens (including phenoxy) is 1. The maximum Gasteiger partial charge on any atom is 0.256 e. The average molecular weight is 234 g/mol. The van der Waals surface area contributed by atoms with Gasteiger partial charge in [-0.2, -0.15) is 0 Å². The topological polar surface area (TPSA) is 55.6 Å². The summed E-state index contributed by atoms with van der Waals surface area (Å²) in [4.78, 5) is 14.2. The number of nitrogen functional groups attached to an aromatic ring is 1. The van der Waals surface area contributed by atoms with Gasteiger partial charge in [0.15, 0.2) is 0 Å². The first-order valence-corrected chi connectivity index (χ1v) is 5.91. The van der Waals surface area contributed by atoms with Gasteiger partial charge in [-0.15, -0.1) is 0 Å². The molecule has 2 rings (SSSR count). The van der Waals surface area contributed by atoms with Crippen LogP contribution in [0.3, 0.4) is 0 Å². The van der Waals surface area contributed by atoms with Crippen LogP contribution in [0.15, 0.2) is 18.2 Å². The molecule has 1 aromatic carbocycles. The van der Waals surface area contributed by atoms with Crippen molar-refractivity contribution in [3.8, 4) is 5.75 Å². The van der Waals surface area contributed by atoms with Crippen molar-refractivity contribution in [3.05, 3.63) is 23.8 Å². The van der Waals surface area contributed by atoms with Gasteiger partial charge in [-0.3, -0.25) is 4.79 Å². The molecule has 17 heavy (non-hydrogen) atoms. The highest BCUT2D eigenvalue weighted by Gasteiger charge is 2.32. The van der Waals surface area contributed by atoms with Crippen molar-refractivity contribution in [2.24, 2.45) is 0 Å². The maximum absolute atomic E-state index is 12.3. The Morgan fingerprint density at radius 3 is 2.76 bits per heavy atom. The number of hydrogen-bond acceptors (Lipinski definition) is 3. The van der Waals surface area contributed by atoms with Gasteiger partial charge in [-0.05, 0) is 38.0 Å². The fraction of sp³-hybridized carbons (Fsp3) is 0.462. The molecule has 0 atom stereocenters. The molecule has 0 unspecified atom stereocenters. The summed E-state index contributed by atoms with van der Waals surface area (Å²) in [7, 11) is 1.58. The minimum Gasteiger partial charge on any atom is -0.497 e. The molecule has 0 aromatic heterocycles. The molecule has 1 aromatic rings. The number of carbonyl (C=O) groups is 1. The zero-order valence-corrected chi connectivity index (χ0v) is 10.3. The van der Waals surface area contributed by atoms with Gasteiger partial charge in [0.05, 0.1) is 12.7 Å². The van der Waals surface area contributed by atoms with Crippen LogP contribution in [0, 0.1) is 0 Å². The van der Waals surface area contributed by atoms with Crippen molar-refractivity contribution < 1.29 is 9.53 Å². The predicted molar refractivity (Wildman–Crippen MR) is 67.1 cm³/mol. The Labute approximate surface area is 101 Å². The number of rotatable bonds is 4. The molecule has 4 heteroatoms. The van der Waals surface area contributed by atoms with Gasteiger partial charge in [0.25, 0.3) is 5.91 Å². The lowest BCUT2D eigenvalue weighted by molar-refractivity contribution is 0.0753. The van der Waals surface area contributed by atoms with E-state index in [1.165, 1.54) is 0 Å². The zero-order valence-electron chi connectivity index (χ0n) is 10.3. The summed E-state index contributed by atoms with van der Waals surface area (Å²) in [5.41, 5.74) is 6.90. The van der Waals surface area contributed by atoms with E-state index in [4.69, 9.17) is 10.5 Å². The van der Waals surface area contributed by atoms with Gasteiger partial charge < -0.3 is 15.4 Å². The van der Waals surface area contributed by atoms with E-state index in [0.717, 1.165) is 19.4 Å². The lowest BCUT2D eigenvalue weighted by atomic mass is 10.1. The third kappa shape index (κ3) is 2.35. The molecule has 1 amide bonds. The van der Waals surface area contributed by atoms with E-state index < -0.39 is 0 Å². The summed E-state index contributed by atoms with van der Waals surface area (Å²) in [6, 6.07) is 5.59. The molecule has 0 radical (unpaired) electrons. The second kappa shape index (κ2) is 4.65. The minimum absolute atomic E-state index is 0.00593. The molecule has 1 aliphatic rings. The van der Waals surface area contributed by atoms with E-state index in [9.17, 15) is 4.79 Å². The molecular weight excluding hydrogens is 216 g/mol. The van der Waals surface area contributed by atoms with Crippen LogP contribution in [0.25, 0.3) is 0 Å². The molecule has 4 nitrogen and oxygen atoms in total. The normalized spacial score (nSPS) is 14.5. The number of methoxy groups -OCH3 is 1. The van der Waals surface area contributed by atoms with Crippen molar-refractivity contribution in [2.45, 2.75) is 25.8 Å². The standard InChI is InChI=1S/C13H18N2O2/c1-3-15(9-4-5-9)13(16)11-8-10(17-2)6-7-12(11)14/h6-9H,3-5,14H2,1-2H3. The first kappa shape index (κ1) is 11.8. The number of carbonyl (C=O) groups excluding carboxylic acids is 1. The number of anilines is 1. The minimum atomic E-state index is 0.00593. The Morgan fingerprint density at radius 1 is 1.53 bits per heavy atom. The van der Waals surface area contributed by atoms with Gasteiger partial charge in [0, 0.05) is 18.3 Å². The summed E-state index contributed by atoms with van der Waals surface area (Å²) in [5.74, 6) is 0.667. The maximum atomic E-state index is 12.3. The molecule has 0 bridgehead atoms. The third-order valence-electron chi connectivity index (χ3n) is 3.08. The summed E-state index contributed by atoms with van der Waals surface area (Å²) in [5, 5.41) is 0. The van der Waals surface area contributed by atoms with E-state index in [1.54, 1.807) is 25.3 Å². The molecule has 0 spiro atoms. The number of nitrogens with zero attached hydrogens (tertiary/aromatic N) is 1. The molecule has 0 saturated heterocycles. The molecule has 0 heterocycles. The highest BCUT2D eigenvalue weighted by molar-refractivity contribution is 5.99. The van der Waals surface area contributed by atoms with Crippen molar-refractivity contribution in [3.63, 3.8) is 0 Å². The predicted octanol–water partition coefficient (Wildman–Crippen LogP) is 1.90. The fourth-order valence-corrected chi connectivity index (χ4v) is 1.96. The highest BCUT2D eigenvalue weighted by atomic mass is 16.5. The monoisotopic (exact) mass is 234 g/mol. The molecular formula is C13H18N2O2. The second-order valence-corrected chi connectivity index (χ2v) is 4.28. The van der Waals surface area contributed by atoms with E-state index >= 15 is 0 Å². The Bertz CT molecular complexity index is 427. The lowest BCUT2D eigenvalue weighted by Gasteiger charge is -2.21. The van der Waals surface area contributed by atoms with Crippen LogP contribution < -0.4 is 10.5 Å². The third-order valence-corrected chi connectivity index (χ3v) is 3.08. The Balaban J connectivity index is 2.28. The smallest absolute Gasteiger partial charge is 0.256 e. The van der Waals surface area contributed by atoms with Crippen LogP contribution in [0.2, 0.25) is 0 Å². The van der Waals surface area contributed by atoms with Crippen LogP contribution >= 0.6 is 0 Å². The van der Waals surface area contributed by atoms with Gasteiger partial charge in [0.1, 0.15) is 5.75 Å². The van der Waals surface area contributed by atoms with Gasteiger partial charge >= 0.3 is 0 Å². The number of amides is 1. The van der Waals surface area contributed by atoms with Crippen molar-refractivity contribution >= 4 is 11.6 Å². The van der Waals surface area contributed by atoms with Crippen LogP contribution in [0.1, 0.15) is 30.1 Å². The van der Waals surface area contributed by atoms with E-state index in [0.29, 0.717) is 23.0 Å². The summed E-state index contributed by atoms with van der Waals surface area (Å²) < 4.78 is 5.12. The molecule has 2 N–H and O–H groups in total. The quantitative estimate of drug-likeness (QED) is 0.809. The Morgan fingerprint density at radius 2 is 2.24 bits per heavy atom. The number of benzene rings is 1. The lowest BCUT2D eigenvalue weighted by Crippen LogP contribution is -2.33. The van der Waals surface area contributed by atoms with Crippen LogP contribution in [0.5, 0.6) is 5.75 Å². The summed E-state index contributed by atoms with van der Waals surface area (Å²) in [6.45, 7) is 2.72. The van der Waals surface area contributed by atoms with Crippen molar-refractivity contribution in [1.29, 1.82) is 0 Å². The Kier molecular flexibility index (Phi) is 3.22. The van der Waals surface area contributed by atoms with Gasteiger partial charge in [0.2, 0.25) is 0 Å². The highest BCUT2D eigenvalue weighted by Crippen LogP contribution is 2.30. The number of hydrogen-bond donors (Lipinski definition) is 1. The van der Waals surface area contributed by atoms with Crippen LogP contribution in [-0.2, 0) is 0 Å². The van der Waals surface area contributed by atoms with Crippen molar-refractivity contribution in [1.82, 2.24) is 4.90 Å². The van der Waals surface area contributed by atoms with Crippen LogP contribution in [-0.4, -0.2) is 30.5 Å². The first-order chi connectivity index (χ1) is 8.17. The summed E-state index contributed by atoms with van der Waals surface area (Å²) in [6.07, 6.45) is 2.20. The number of nitrogens with two attached hydrogens (primary N) is 1. The van der Waals surface area contributed by atoms with E-state index in [-0.39, 0.29) is 5.91 Å². The van der Waals surface area contributed by atoms with Crippen molar-refractivity contribution in [2.75, 3.05) is 19.4 Å². The van der Waals surface area contributed by atoms with E-state index in [2.05, 4.69) is 0 Å². The van der Waals surface area contributed by atoms with Crippen LogP contribution in [0.4, 0.5) is 5.69 Å². The fourth-order valence-electron chi connectivity index (χ4n) is 1.96. The van der Waals surface area contributed by atoms with Gasteiger partial charge in [-0.25, -0.2) is 0 Å². The molecule has 1 saturated carbocycles. The molecule has 0 aliphatic heterocycles. The SMILES string of the molecule is CCN(C(=O)c1cc(OC)ccc1N)C1CC1.